The Hall–Kier alpha value is -4.95. The molecule has 0 unspecified atom stereocenters. The molecule has 49 heavy (non-hydrogen) atoms. The molecule has 6 rings (SSSR count). The number of aromatic nitrogens is 4. The highest BCUT2D eigenvalue weighted by Crippen LogP contribution is 2.36. The second-order valence-corrected chi connectivity index (χ2v) is 13.2. The van der Waals surface area contributed by atoms with Crippen molar-refractivity contribution in [1.29, 1.82) is 5.26 Å². The molecule has 0 aliphatic carbocycles. The van der Waals surface area contributed by atoms with Gasteiger partial charge in [-0.1, -0.05) is 23.4 Å². The van der Waals surface area contributed by atoms with Crippen molar-refractivity contribution in [3.8, 4) is 29.0 Å². The van der Waals surface area contributed by atoms with Gasteiger partial charge in [0, 0.05) is 46.9 Å². The van der Waals surface area contributed by atoms with Crippen molar-refractivity contribution in [2.75, 3.05) is 38.1 Å². The molecule has 1 aliphatic rings. The molecule has 0 saturated carbocycles. The molecule has 0 radical (unpaired) electrons. The molecule has 1 N–H and O–H groups in total. The van der Waals surface area contributed by atoms with E-state index in [1.165, 1.54) is 22.1 Å². The normalized spacial score (nSPS) is 13.8. The third-order valence-electron chi connectivity index (χ3n) is 8.70. The maximum Gasteiger partial charge on any atom is 0.338 e. The highest BCUT2D eigenvalue weighted by atomic mass is 35.5. The van der Waals surface area contributed by atoms with Gasteiger partial charge in [-0.3, -0.25) is 19.2 Å². The Bertz CT molecular complexity index is 2250. The molecule has 10 nitrogen and oxygen atoms in total. The number of carboxylic acids is 1. The lowest BCUT2D eigenvalue weighted by Gasteiger charge is -2.34. The zero-order valence-corrected chi connectivity index (χ0v) is 28.2. The summed E-state index contributed by atoms with van der Waals surface area (Å²) >= 11 is 7.64. The number of fused-ring (bicyclic) bond motifs is 2. The maximum absolute atomic E-state index is 13.9. The van der Waals surface area contributed by atoms with E-state index in [9.17, 15) is 28.7 Å². The van der Waals surface area contributed by atoms with Crippen LogP contribution in [0.2, 0.25) is 5.02 Å². The molecule has 250 valence electrons. The topological polar surface area (TPSA) is 128 Å². The second-order valence-electron chi connectivity index (χ2n) is 11.9. The number of benzene rings is 1. The van der Waals surface area contributed by atoms with E-state index in [1.54, 1.807) is 47.7 Å². The Balaban J connectivity index is 1.30. The number of aromatic carboxylic acids is 1. The van der Waals surface area contributed by atoms with Crippen LogP contribution in [0.5, 0.6) is 0 Å². The van der Waals surface area contributed by atoms with Crippen LogP contribution in [0.1, 0.15) is 40.2 Å². The number of aryl methyl sites for hydroxylation is 1. The van der Waals surface area contributed by atoms with Crippen LogP contribution in [0.15, 0.2) is 46.8 Å². The van der Waals surface area contributed by atoms with E-state index in [0.29, 0.717) is 63.2 Å². The van der Waals surface area contributed by atoms with Crippen LogP contribution in [-0.2, 0) is 6.54 Å². The molecule has 5 heterocycles. The standard InChI is InChI=1S/C35H30ClF2N7O3S/c1-20-42-28-16-41-33(43(2)17-21-8-12-44(13-9-21)18-29(37)38)26(15-39)30(28)34(46)45(20)11-3-4-22-5-6-23(36)14-25(22)24-7-10-40-31-27(35(47)48)19-49-32(24)31/h5-7,10,14,16,19,21,29H,8-9,11-13,17-18H2,1-2H3,(H,47,48). The first kappa shape index (κ1) is 33.9. The number of carbonyl (C=O) groups is 1. The summed E-state index contributed by atoms with van der Waals surface area (Å²) in [5.41, 5.74) is 2.54. The van der Waals surface area contributed by atoms with E-state index in [0.717, 1.165) is 18.4 Å². The van der Waals surface area contributed by atoms with E-state index in [4.69, 9.17) is 11.6 Å². The first-order valence-corrected chi connectivity index (χ1v) is 16.7. The minimum absolute atomic E-state index is 0.0147. The zero-order valence-electron chi connectivity index (χ0n) is 26.6. The third kappa shape index (κ3) is 6.97. The van der Waals surface area contributed by atoms with Gasteiger partial charge in [-0.2, -0.15) is 5.26 Å². The molecule has 1 aromatic carbocycles. The van der Waals surface area contributed by atoms with Crippen molar-refractivity contribution >= 4 is 55.8 Å². The summed E-state index contributed by atoms with van der Waals surface area (Å²) in [5, 5.41) is 22.0. The van der Waals surface area contributed by atoms with Gasteiger partial charge in [-0.25, -0.2) is 23.5 Å². The summed E-state index contributed by atoms with van der Waals surface area (Å²) < 4.78 is 27.7. The molecular formula is C35H30ClF2N7O3S. The third-order valence-corrected chi connectivity index (χ3v) is 9.93. The number of nitriles is 1. The minimum Gasteiger partial charge on any atom is -0.478 e. The van der Waals surface area contributed by atoms with E-state index < -0.39 is 18.0 Å². The van der Waals surface area contributed by atoms with Gasteiger partial charge >= 0.3 is 5.97 Å². The molecule has 1 saturated heterocycles. The highest BCUT2D eigenvalue weighted by Gasteiger charge is 2.25. The average Bonchev–Trinajstić information content (AvgIpc) is 3.52. The number of nitrogens with zero attached hydrogens (tertiary/aromatic N) is 7. The lowest BCUT2D eigenvalue weighted by atomic mass is 9.96. The molecule has 0 atom stereocenters. The maximum atomic E-state index is 13.9. The largest absolute Gasteiger partial charge is 0.478 e. The van der Waals surface area contributed by atoms with E-state index >= 15 is 0 Å². The molecule has 0 spiro atoms. The van der Waals surface area contributed by atoms with Gasteiger partial charge in [0.1, 0.15) is 23.3 Å². The Morgan fingerprint density at radius 3 is 2.71 bits per heavy atom. The predicted molar refractivity (Wildman–Crippen MR) is 186 cm³/mol. The smallest absolute Gasteiger partial charge is 0.338 e. The van der Waals surface area contributed by atoms with Crippen LogP contribution in [0, 0.1) is 36.0 Å². The quantitative estimate of drug-likeness (QED) is 0.192. The monoisotopic (exact) mass is 701 g/mol. The van der Waals surface area contributed by atoms with Crippen molar-refractivity contribution in [3.63, 3.8) is 0 Å². The van der Waals surface area contributed by atoms with E-state index in [-0.39, 0.29) is 35.5 Å². The number of rotatable bonds is 8. The number of alkyl halides is 2. The first-order valence-electron chi connectivity index (χ1n) is 15.5. The SMILES string of the molecule is Cc1nc2cnc(N(C)CC3CCN(CC(F)F)CC3)c(C#N)c2c(=O)n1CC#Cc1ccc(Cl)cc1-c1ccnc2c(C(=O)O)csc12. The number of piperidine rings is 1. The first-order chi connectivity index (χ1) is 23.5. The molecule has 1 aliphatic heterocycles. The fourth-order valence-electron chi connectivity index (χ4n) is 6.27. The van der Waals surface area contributed by atoms with Gasteiger partial charge in [0.15, 0.2) is 0 Å². The number of hydrogen-bond donors (Lipinski definition) is 1. The Morgan fingerprint density at radius 2 is 2.00 bits per heavy atom. The molecule has 1 fully saturated rings. The van der Waals surface area contributed by atoms with Gasteiger partial charge < -0.3 is 10.0 Å². The second kappa shape index (κ2) is 14.3. The summed E-state index contributed by atoms with van der Waals surface area (Å²) in [7, 11) is 1.81. The molecular weight excluding hydrogens is 672 g/mol. The fraction of sp³-hybridized carbons (Fsp3) is 0.314. The lowest BCUT2D eigenvalue weighted by Crippen LogP contribution is -2.40. The van der Waals surface area contributed by atoms with Gasteiger partial charge in [0.2, 0.25) is 0 Å². The van der Waals surface area contributed by atoms with Crippen molar-refractivity contribution in [2.45, 2.75) is 32.7 Å². The van der Waals surface area contributed by atoms with Crippen LogP contribution in [0.3, 0.4) is 0 Å². The van der Waals surface area contributed by atoms with Crippen molar-refractivity contribution in [2.24, 2.45) is 5.92 Å². The summed E-state index contributed by atoms with van der Waals surface area (Å²) in [6.07, 6.45) is 2.17. The van der Waals surface area contributed by atoms with E-state index in [1.807, 2.05) is 11.9 Å². The fourth-order valence-corrected chi connectivity index (χ4v) is 7.47. The highest BCUT2D eigenvalue weighted by molar-refractivity contribution is 7.18. The minimum atomic E-state index is -2.36. The molecule has 14 heteroatoms. The van der Waals surface area contributed by atoms with Gasteiger partial charge in [0.25, 0.3) is 12.0 Å². The number of pyridine rings is 2. The number of anilines is 1. The Labute approximate surface area is 289 Å². The van der Waals surface area contributed by atoms with E-state index in [2.05, 4.69) is 32.9 Å². The van der Waals surface area contributed by atoms with Gasteiger partial charge in [-0.15, -0.1) is 11.3 Å². The number of carboxylic acid groups (broad SMARTS) is 1. The van der Waals surface area contributed by atoms with Crippen molar-refractivity contribution in [1.82, 2.24) is 24.4 Å². The summed E-state index contributed by atoms with van der Waals surface area (Å²) in [4.78, 5) is 42.6. The van der Waals surface area contributed by atoms with Crippen LogP contribution in [0.4, 0.5) is 14.6 Å². The predicted octanol–water partition coefficient (Wildman–Crippen LogP) is 6.06. The van der Waals surface area contributed by atoms with Crippen LogP contribution in [0.25, 0.3) is 32.2 Å². The molecule has 5 aromatic rings. The van der Waals surface area contributed by atoms with Gasteiger partial charge in [-0.05, 0) is 63.0 Å². The number of likely N-dealkylation sites (tertiary alicyclic amines) is 1. The molecule has 0 amide bonds. The van der Waals surface area contributed by atoms with Crippen molar-refractivity contribution in [3.05, 3.63) is 79.9 Å². The number of halogens is 3. The van der Waals surface area contributed by atoms with Crippen molar-refractivity contribution < 1.29 is 18.7 Å². The van der Waals surface area contributed by atoms with Gasteiger partial charge in [0.05, 0.1) is 46.0 Å². The Kier molecular flexibility index (Phi) is 9.88. The number of hydrogen-bond acceptors (Lipinski definition) is 9. The molecule has 4 aromatic heterocycles. The van der Waals surface area contributed by atoms with Crippen LogP contribution >= 0.6 is 22.9 Å². The average molecular weight is 702 g/mol. The van der Waals surface area contributed by atoms with Crippen LogP contribution < -0.4 is 10.5 Å². The van der Waals surface area contributed by atoms with Crippen LogP contribution in [-0.4, -0.2) is 75.1 Å². The number of thiophene rings is 1. The summed E-state index contributed by atoms with van der Waals surface area (Å²) in [6, 6.07) is 9.18. The summed E-state index contributed by atoms with van der Waals surface area (Å²) in [6.45, 7) is 3.17. The Morgan fingerprint density at radius 1 is 1.22 bits per heavy atom. The molecule has 0 bridgehead atoms. The zero-order chi connectivity index (χ0) is 34.8. The lowest BCUT2D eigenvalue weighted by molar-refractivity contribution is 0.0693. The summed E-state index contributed by atoms with van der Waals surface area (Å²) in [5.74, 6) is 6.14.